The Bertz CT molecular complexity index is 248. The molecule has 4 nitrogen and oxygen atoms in total. The van der Waals surface area contributed by atoms with Crippen LogP contribution < -0.4 is 0 Å². The molecule has 1 rings (SSSR count). The van der Waals surface area contributed by atoms with Gasteiger partial charge in [0.1, 0.15) is 5.41 Å². The van der Waals surface area contributed by atoms with Crippen molar-refractivity contribution < 1.29 is 14.7 Å². The van der Waals surface area contributed by atoms with Crippen molar-refractivity contribution in [2.75, 3.05) is 13.6 Å². The molecule has 0 aromatic carbocycles. The number of hydrogen-bond donors (Lipinski definition) is 1. The Balaban J connectivity index is 2.94. The van der Waals surface area contributed by atoms with E-state index >= 15 is 0 Å². The molecule has 0 saturated carbocycles. The molecule has 1 amide bonds. The summed E-state index contributed by atoms with van der Waals surface area (Å²) in [5.74, 6) is -1.19. The highest BCUT2D eigenvalue weighted by atomic mass is 16.4. The minimum atomic E-state index is -1.14. The first kappa shape index (κ1) is 11.0. The van der Waals surface area contributed by atoms with Gasteiger partial charge in [0.25, 0.3) is 0 Å². The number of aliphatic carboxylic acids is 1. The van der Waals surface area contributed by atoms with Crippen molar-refractivity contribution in [2.24, 2.45) is 5.41 Å². The third kappa shape index (κ3) is 1.61. The first-order valence-corrected chi connectivity index (χ1v) is 5.03. The molecule has 1 saturated heterocycles. The van der Waals surface area contributed by atoms with Gasteiger partial charge in [-0.1, -0.05) is 13.3 Å². The molecule has 1 aliphatic rings. The van der Waals surface area contributed by atoms with Crippen LogP contribution in [0.25, 0.3) is 0 Å². The van der Waals surface area contributed by atoms with E-state index in [0.29, 0.717) is 19.4 Å². The van der Waals surface area contributed by atoms with Crippen LogP contribution in [0.4, 0.5) is 0 Å². The number of piperidine rings is 1. The Labute approximate surface area is 83.9 Å². The molecule has 1 aliphatic heterocycles. The van der Waals surface area contributed by atoms with Crippen molar-refractivity contribution in [1.82, 2.24) is 4.90 Å². The van der Waals surface area contributed by atoms with Gasteiger partial charge >= 0.3 is 5.97 Å². The van der Waals surface area contributed by atoms with Gasteiger partial charge in [0.2, 0.25) is 5.91 Å². The second-order valence-electron chi connectivity index (χ2n) is 3.97. The average Bonchev–Trinajstić information content (AvgIpc) is 2.13. The van der Waals surface area contributed by atoms with Gasteiger partial charge in [-0.25, -0.2) is 0 Å². The van der Waals surface area contributed by atoms with E-state index in [1.807, 2.05) is 6.92 Å². The van der Waals surface area contributed by atoms with E-state index in [1.54, 1.807) is 7.05 Å². The summed E-state index contributed by atoms with van der Waals surface area (Å²) < 4.78 is 0. The molecule has 1 fully saturated rings. The molecular weight excluding hydrogens is 182 g/mol. The Kier molecular flexibility index (Phi) is 3.13. The Morgan fingerprint density at radius 3 is 2.79 bits per heavy atom. The maximum absolute atomic E-state index is 11.8. The molecule has 1 heterocycles. The van der Waals surface area contributed by atoms with Crippen molar-refractivity contribution in [3.63, 3.8) is 0 Å². The molecule has 0 radical (unpaired) electrons. The summed E-state index contributed by atoms with van der Waals surface area (Å²) in [6.07, 6.45) is 2.45. The molecule has 1 unspecified atom stereocenters. The topological polar surface area (TPSA) is 57.6 Å². The number of carbonyl (C=O) groups is 2. The van der Waals surface area contributed by atoms with E-state index in [0.717, 1.165) is 12.8 Å². The van der Waals surface area contributed by atoms with Gasteiger partial charge < -0.3 is 10.0 Å². The zero-order valence-electron chi connectivity index (χ0n) is 8.75. The quantitative estimate of drug-likeness (QED) is 0.693. The standard InChI is InChI=1S/C10H17NO3/c1-3-5-10(9(13)14)6-4-7-11(2)8(10)12/h3-7H2,1-2H3,(H,13,14). The highest BCUT2D eigenvalue weighted by Crippen LogP contribution is 2.35. The van der Waals surface area contributed by atoms with E-state index in [2.05, 4.69) is 0 Å². The molecule has 1 atom stereocenters. The SMILES string of the molecule is CCCC1(C(=O)O)CCCN(C)C1=O. The number of amides is 1. The minimum absolute atomic E-state index is 0.224. The lowest BCUT2D eigenvalue weighted by molar-refractivity contribution is -0.164. The van der Waals surface area contributed by atoms with Crippen molar-refractivity contribution in [1.29, 1.82) is 0 Å². The fraction of sp³-hybridized carbons (Fsp3) is 0.800. The van der Waals surface area contributed by atoms with Gasteiger partial charge in [-0.2, -0.15) is 0 Å². The van der Waals surface area contributed by atoms with Crippen molar-refractivity contribution in [3.05, 3.63) is 0 Å². The van der Waals surface area contributed by atoms with Crippen molar-refractivity contribution >= 4 is 11.9 Å². The molecule has 0 aromatic heterocycles. The average molecular weight is 199 g/mol. The lowest BCUT2D eigenvalue weighted by atomic mass is 9.75. The van der Waals surface area contributed by atoms with E-state index < -0.39 is 11.4 Å². The van der Waals surface area contributed by atoms with Crippen LogP contribution in [0.5, 0.6) is 0 Å². The Morgan fingerprint density at radius 1 is 1.64 bits per heavy atom. The van der Waals surface area contributed by atoms with Crippen LogP contribution in [-0.4, -0.2) is 35.5 Å². The van der Waals surface area contributed by atoms with Crippen LogP contribution in [-0.2, 0) is 9.59 Å². The lowest BCUT2D eigenvalue weighted by Crippen LogP contribution is -2.51. The van der Waals surface area contributed by atoms with Gasteiger partial charge in [0.15, 0.2) is 0 Å². The molecule has 1 N–H and O–H groups in total. The van der Waals surface area contributed by atoms with Crippen LogP contribution in [0.15, 0.2) is 0 Å². The monoisotopic (exact) mass is 199 g/mol. The highest BCUT2D eigenvalue weighted by Gasteiger charge is 2.48. The molecule has 80 valence electrons. The lowest BCUT2D eigenvalue weighted by Gasteiger charge is -2.36. The smallest absolute Gasteiger partial charge is 0.319 e. The molecule has 0 aromatic rings. The minimum Gasteiger partial charge on any atom is -0.480 e. The van der Waals surface area contributed by atoms with Gasteiger partial charge in [-0.3, -0.25) is 9.59 Å². The second-order valence-corrected chi connectivity index (χ2v) is 3.97. The number of carbonyl (C=O) groups excluding carboxylic acids is 1. The van der Waals surface area contributed by atoms with Crippen LogP contribution in [0.3, 0.4) is 0 Å². The summed E-state index contributed by atoms with van der Waals surface area (Å²) in [6, 6.07) is 0. The molecule has 0 spiro atoms. The predicted octanol–water partition coefficient (Wildman–Crippen LogP) is 1.11. The molecule has 4 heteroatoms. The third-order valence-electron chi connectivity index (χ3n) is 2.94. The zero-order valence-corrected chi connectivity index (χ0v) is 8.75. The molecular formula is C10H17NO3. The molecule has 14 heavy (non-hydrogen) atoms. The summed E-state index contributed by atoms with van der Waals surface area (Å²) in [6.45, 7) is 2.59. The van der Waals surface area contributed by atoms with Gasteiger partial charge in [0.05, 0.1) is 0 Å². The number of carboxylic acids is 1. The Morgan fingerprint density at radius 2 is 2.29 bits per heavy atom. The first-order valence-electron chi connectivity index (χ1n) is 5.03. The summed E-state index contributed by atoms with van der Waals surface area (Å²) >= 11 is 0. The number of carboxylic acid groups (broad SMARTS) is 1. The van der Waals surface area contributed by atoms with Crippen LogP contribution >= 0.6 is 0 Å². The van der Waals surface area contributed by atoms with Gasteiger partial charge in [-0.05, 0) is 19.3 Å². The first-order chi connectivity index (χ1) is 6.54. The summed E-state index contributed by atoms with van der Waals surface area (Å²) in [7, 11) is 1.68. The normalized spacial score (nSPS) is 27.9. The molecule has 0 bridgehead atoms. The predicted molar refractivity (Wildman–Crippen MR) is 51.8 cm³/mol. The number of rotatable bonds is 3. The highest BCUT2D eigenvalue weighted by molar-refractivity contribution is 6.02. The summed E-state index contributed by atoms with van der Waals surface area (Å²) in [4.78, 5) is 24.5. The third-order valence-corrected chi connectivity index (χ3v) is 2.94. The van der Waals surface area contributed by atoms with Crippen LogP contribution in [0, 0.1) is 5.41 Å². The largest absolute Gasteiger partial charge is 0.480 e. The second kappa shape index (κ2) is 3.98. The zero-order chi connectivity index (χ0) is 10.8. The maximum Gasteiger partial charge on any atom is 0.319 e. The van der Waals surface area contributed by atoms with E-state index in [9.17, 15) is 9.59 Å². The van der Waals surface area contributed by atoms with Crippen molar-refractivity contribution in [3.8, 4) is 0 Å². The van der Waals surface area contributed by atoms with Crippen molar-refractivity contribution in [2.45, 2.75) is 32.6 Å². The number of nitrogens with zero attached hydrogens (tertiary/aromatic N) is 1. The number of likely N-dealkylation sites (tertiary alicyclic amines) is 1. The van der Waals surface area contributed by atoms with Gasteiger partial charge in [-0.15, -0.1) is 0 Å². The summed E-state index contributed by atoms with van der Waals surface area (Å²) in [5.41, 5.74) is -1.14. The van der Waals surface area contributed by atoms with E-state index in [1.165, 1.54) is 4.90 Å². The van der Waals surface area contributed by atoms with E-state index in [4.69, 9.17) is 5.11 Å². The summed E-state index contributed by atoms with van der Waals surface area (Å²) in [5, 5.41) is 9.16. The Hall–Kier alpha value is -1.06. The van der Waals surface area contributed by atoms with E-state index in [-0.39, 0.29) is 5.91 Å². The fourth-order valence-electron chi connectivity index (χ4n) is 2.16. The number of hydrogen-bond acceptors (Lipinski definition) is 2. The van der Waals surface area contributed by atoms with Crippen LogP contribution in [0.1, 0.15) is 32.6 Å². The maximum atomic E-state index is 11.8. The van der Waals surface area contributed by atoms with Crippen LogP contribution in [0.2, 0.25) is 0 Å². The van der Waals surface area contributed by atoms with Gasteiger partial charge in [0, 0.05) is 13.6 Å². The molecule has 0 aliphatic carbocycles. The fourth-order valence-corrected chi connectivity index (χ4v) is 2.16.